The van der Waals surface area contributed by atoms with E-state index in [0.717, 1.165) is 36.1 Å². The summed E-state index contributed by atoms with van der Waals surface area (Å²) in [5, 5.41) is 0. The van der Waals surface area contributed by atoms with Crippen molar-refractivity contribution < 1.29 is 0 Å². The van der Waals surface area contributed by atoms with Gasteiger partial charge < -0.3 is 4.57 Å². The molecule has 21 heavy (non-hydrogen) atoms. The van der Waals surface area contributed by atoms with Gasteiger partial charge in [0.2, 0.25) is 0 Å². The fraction of sp³-hybridized carbons (Fsp3) is 0.611. The summed E-state index contributed by atoms with van der Waals surface area (Å²) in [7, 11) is 0. The smallest absolute Gasteiger partial charge is 0.111 e. The molecule has 1 aliphatic rings. The van der Waals surface area contributed by atoms with Crippen LogP contribution in [0.2, 0.25) is 0 Å². The first kappa shape index (κ1) is 14.9. The lowest BCUT2D eigenvalue weighted by molar-refractivity contribution is 0.257. The van der Waals surface area contributed by atoms with Crippen LogP contribution in [0.5, 0.6) is 0 Å². The van der Waals surface area contributed by atoms with Gasteiger partial charge in [-0.25, -0.2) is 4.98 Å². The Labute approximate surface area is 132 Å². The van der Waals surface area contributed by atoms with Gasteiger partial charge in [0.15, 0.2) is 0 Å². The molecule has 0 bridgehead atoms. The summed E-state index contributed by atoms with van der Waals surface area (Å²) in [6.45, 7) is 5.69. The molecule has 3 heteroatoms. The fourth-order valence-electron chi connectivity index (χ4n) is 3.87. The van der Waals surface area contributed by atoms with Crippen molar-refractivity contribution >= 4 is 22.6 Å². The zero-order valence-corrected chi connectivity index (χ0v) is 13.9. The Bertz CT molecular complexity index is 617. The molecule has 0 N–H and O–H groups in total. The van der Waals surface area contributed by atoms with Crippen LogP contribution in [0.1, 0.15) is 44.0 Å². The second-order valence-corrected chi connectivity index (χ2v) is 7.04. The zero-order valence-electron chi connectivity index (χ0n) is 13.1. The van der Waals surface area contributed by atoms with Gasteiger partial charge in [0.1, 0.15) is 5.82 Å². The number of halogens is 1. The average molecular weight is 305 g/mol. The van der Waals surface area contributed by atoms with Crippen LogP contribution in [-0.2, 0) is 13.0 Å². The molecule has 0 radical (unpaired) electrons. The number of alkyl halides is 1. The molecule has 1 saturated carbocycles. The Morgan fingerprint density at radius 1 is 1.33 bits per heavy atom. The third kappa shape index (κ3) is 3.11. The molecule has 1 fully saturated rings. The van der Waals surface area contributed by atoms with Crippen LogP contribution in [0.15, 0.2) is 18.2 Å². The molecule has 0 saturated heterocycles. The number of hydrogen-bond acceptors (Lipinski definition) is 1. The predicted molar refractivity (Wildman–Crippen MR) is 90.0 cm³/mol. The van der Waals surface area contributed by atoms with Crippen LogP contribution in [0.25, 0.3) is 11.0 Å². The summed E-state index contributed by atoms with van der Waals surface area (Å²) in [5.41, 5.74) is 3.76. The Morgan fingerprint density at radius 3 is 2.95 bits per heavy atom. The number of hydrogen-bond donors (Lipinski definition) is 0. The van der Waals surface area contributed by atoms with Crippen LogP contribution in [0, 0.1) is 18.8 Å². The third-order valence-electron chi connectivity index (χ3n) is 4.85. The molecule has 2 unspecified atom stereocenters. The Kier molecular flexibility index (Phi) is 4.54. The Hall–Kier alpha value is -1.02. The number of imidazole rings is 1. The van der Waals surface area contributed by atoms with Crippen LogP contribution in [-0.4, -0.2) is 15.4 Å². The highest BCUT2D eigenvalue weighted by Crippen LogP contribution is 2.31. The maximum atomic E-state index is 5.99. The molecule has 2 aromatic rings. The molecule has 3 rings (SSSR count). The highest BCUT2D eigenvalue weighted by molar-refractivity contribution is 6.17. The lowest BCUT2D eigenvalue weighted by Gasteiger charge is -2.27. The largest absolute Gasteiger partial charge is 0.327 e. The number of nitrogens with zero attached hydrogens (tertiary/aromatic N) is 2. The zero-order chi connectivity index (χ0) is 14.8. The van der Waals surface area contributed by atoms with E-state index < -0.39 is 0 Å². The van der Waals surface area contributed by atoms with E-state index in [1.165, 1.54) is 36.8 Å². The molecule has 1 heterocycles. The number of benzene rings is 1. The number of aryl methyl sites for hydroxylation is 2. The molecule has 0 aliphatic heterocycles. The van der Waals surface area contributed by atoms with Crippen molar-refractivity contribution in [3.8, 4) is 0 Å². The molecule has 2 nitrogen and oxygen atoms in total. The second kappa shape index (κ2) is 6.39. The molecular formula is C18H25ClN2. The summed E-state index contributed by atoms with van der Waals surface area (Å²) in [6.07, 6.45) is 6.34. The topological polar surface area (TPSA) is 17.8 Å². The highest BCUT2D eigenvalue weighted by atomic mass is 35.5. The van der Waals surface area contributed by atoms with Crippen molar-refractivity contribution in [3.63, 3.8) is 0 Å². The standard InChI is InChI=1S/C18H25ClN2/c1-13-5-3-7-15(11-13)12-21-17(9-10-19)20-16-8-4-6-14(2)18(16)21/h4,6,8,13,15H,3,5,7,9-12H2,1-2H3. The summed E-state index contributed by atoms with van der Waals surface area (Å²) >= 11 is 5.99. The van der Waals surface area contributed by atoms with Gasteiger partial charge in [0, 0.05) is 18.8 Å². The molecule has 0 amide bonds. The first-order chi connectivity index (χ1) is 10.2. The van der Waals surface area contributed by atoms with E-state index in [2.05, 4.69) is 36.6 Å². The second-order valence-electron chi connectivity index (χ2n) is 6.66. The number of para-hydroxylation sites is 1. The quantitative estimate of drug-likeness (QED) is 0.731. The maximum absolute atomic E-state index is 5.99. The van der Waals surface area contributed by atoms with Crippen LogP contribution < -0.4 is 0 Å². The van der Waals surface area contributed by atoms with E-state index in [0.29, 0.717) is 5.88 Å². The molecule has 1 aromatic heterocycles. The van der Waals surface area contributed by atoms with Crippen LogP contribution >= 0.6 is 11.6 Å². The molecular weight excluding hydrogens is 280 g/mol. The van der Waals surface area contributed by atoms with Crippen molar-refractivity contribution in [1.29, 1.82) is 0 Å². The summed E-state index contributed by atoms with van der Waals surface area (Å²) in [4.78, 5) is 4.83. The summed E-state index contributed by atoms with van der Waals surface area (Å²) in [5.74, 6) is 3.46. The minimum atomic E-state index is 0.642. The molecule has 1 aromatic carbocycles. The molecule has 0 spiro atoms. The van der Waals surface area contributed by atoms with E-state index in [1.807, 2.05) is 0 Å². The van der Waals surface area contributed by atoms with Gasteiger partial charge in [0.25, 0.3) is 0 Å². The normalized spacial score (nSPS) is 22.8. The van der Waals surface area contributed by atoms with E-state index in [1.54, 1.807) is 0 Å². The van der Waals surface area contributed by atoms with E-state index in [9.17, 15) is 0 Å². The van der Waals surface area contributed by atoms with Gasteiger partial charge in [-0.1, -0.05) is 31.9 Å². The monoisotopic (exact) mass is 304 g/mol. The number of rotatable bonds is 4. The minimum Gasteiger partial charge on any atom is -0.327 e. The molecule has 114 valence electrons. The minimum absolute atomic E-state index is 0.642. The SMILES string of the molecule is Cc1cccc2nc(CCCl)n(CC3CCCC(C)C3)c12. The van der Waals surface area contributed by atoms with E-state index in [-0.39, 0.29) is 0 Å². The van der Waals surface area contributed by atoms with Crippen molar-refractivity contribution in [3.05, 3.63) is 29.6 Å². The van der Waals surface area contributed by atoms with E-state index in [4.69, 9.17) is 16.6 Å². The Morgan fingerprint density at radius 2 is 2.19 bits per heavy atom. The van der Waals surface area contributed by atoms with Gasteiger partial charge in [-0.15, -0.1) is 11.6 Å². The van der Waals surface area contributed by atoms with Gasteiger partial charge in [-0.2, -0.15) is 0 Å². The summed E-state index contributed by atoms with van der Waals surface area (Å²) < 4.78 is 2.45. The van der Waals surface area contributed by atoms with E-state index >= 15 is 0 Å². The van der Waals surface area contributed by atoms with Gasteiger partial charge in [-0.05, 0) is 43.2 Å². The third-order valence-corrected chi connectivity index (χ3v) is 5.04. The summed E-state index contributed by atoms with van der Waals surface area (Å²) in [6, 6.07) is 6.41. The van der Waals surface area contributed by atoms with Crippen LogP contribution in [0.4, 0.5) is 0 Å². The lowest BCUT2D eigenvalue weighted by atomic mass is 9.82. The average Bonchev–Trinajstić information content (AvgIpc) is 2.79. The fourth-order valence-corrected chi connectivity index (χ4v) is 4.04. The molecule has 2 atom stereocenters. The lowest BCUT2D eigenvalue weighted by Crippen LogP contribution is -2.20. The Balaban J connectivity index is 1.96. The van der Waals surface area contributed by atoms with Crippen molar-refractivity contribution in [2.45, 2.75) is 52.5 Å². The maximum Gasteiger partial charge on any atom is 0.111 e. The van der Waals surface area contributed by atoms with Gasteiger partial charge >= 0.3 is 0 Å². The number of fused-ring (bicyclic) bond motifs is 1. The number of aromatic nitrogens is 2. The van der Waals surface area contributed by atoms with Crippen molar-refractivity contribution in [1.82, 2.24) is 9.55 Å². The predicted octanol–water partition coefficient (Wildman–Crippen LogP) is 4.95. The first-order valence-corrected chi connectivity index (χ1v) is 8.73. The van der Waals surface area contributed by atoms with Crippen LogP contribution in [0.3, 0.4) is 0 Å². The van der Waals surface area contributed by atoms with Crippen molar-refractivity contribution in [2.75, 3.05) is 5.88 Å². The van der Waals surface area contributed by atoms with Gasteiger partial charge in [-0.3, -0.25) is 0 Å². The van der Waals surface area contributed by atoms with Crippen molar-refractivity contribution in [2.24, 2.45) is 11.8 Å². The highest BCUT2D eigenvalue weighted by Gasteiger charge is 2.21. The first-order valence-electron chi connectivity index (χ1n) is 8.19. The molecule has 1 aliphatic carbocycles. The van der Waals surface area contributed by atoms with Gasteiger partial charge in [0.05, 0.1) is 11.0 Å².